The molecule has 120 valence electrons. The Hall–Kier alpha value is -0.340. The molecule has 1 fully saturated rings. The lowest BCUT2D eigenvalue weighted by Gasteiger charge is -2.29. The summed E-state index contributed by atoms with van der Waals surface area (Å²) in [5, 5.41) is 0. The number of benzene rings is 1. The summed E-state index contributed by atoms with van der Waals surface area (Å²) in [7, 11) is -3.45. The summed E-state index contributed by atoms with van der Waals surface area (Å²) in [5.41, 5.74) is 5.81. The number of sulfonamides is 1. The molecule has 8 heteroatoms. The van der Waals surface area contributed by atoms with Crippen molar-refractivity contribution in [1.29, 1.82) is 0 Å². The molecule has 5 nitrogen and oxygen atoms in total. The second-order valence-electron chi connectivity index (χ2n) is 4.77. The van der Waals surface area contributed by atoms with Gasteiger partial charge in [0.15, 0.2) is 0 Å². The number of halogens is 2. The minimum atomic E-state index is -3.45. The molecule has 0 saturated carbocycles. The van der Waals surface area contributed by atoms with E-state index in [1.807, 2.05) is 6.92 Å². The van der Waals surface area contributed by atoms with Gasteiger partial charge in [0.25, 0.3) is 0 Å². The number of rotatable bonds is 4. The molecule has 0 aromatic heterocycles. The van der Waals surface area contributed by atoms with Crippen LogP contribution in [0, 0.1) is 0 Å². The van der Waals surface area contributed by atoms with E-state index in [2.05, 4.69) is 15.9 Å². The Kier molecular flexibility index (Phi) is 6.93. The van der Waals surface area contributed by atoms with Crippen LogP contribution in [0.3, 0.4) is 0 Å². The summed E-state index contributed by atoms with van der Waals surface area (Å²) >= 11 is 3.35. The fourth-order valence-corrected chi connectivity index (χ4v) is 4.32. The average Bonchev–Trinajstić information content (AvgIpc) is 2.41. The van der Waals surface area contributed by atoms with Crippen molar-refractivity contribution in [3.8, 4) is 5.75 Å². The number of piperidine rings is 1. The van der Waals surface area contributed by atoms with Gasteiger partial charge in [0.2, 0.25) is 10.0 Å². The van der Waals surface area contributed by atoms with E-state index in [4.69, 9.17) is 10.5 Å². The van der Waals surface area contributed by atoms with Gasteiger partial charge in [0, 0.05) is 19.1 Å². The Balaban J connectivity index is 0.00000220. The lowest BCUT2D eigenvalue weighted by molar-refractivity contribution is 0.319. The topological polar surface area (TPSA) is 72.6 Å². The van der Waals surface area contributed by atoms with Crippen LogP contribution in [-0.2, 0) is 10.0 Å². The first kappa shape index (κ1) is 18.7. The summed E-state index contributed by atoms with van der Waals surface area (Å²) in [6.45, 7) is 3.38. The highest BCUT2D eigenvalue weighted by Gasteiger charge is 2.28. The van der Waals surface area contributed by atoms with E-state index < -0.39 is 10.0 Å². The van der Waals surface area contributed by atoms with Crippen molar-refractivity contribution in [2.45, 2.75) is 30.7 Å². The molecule has 0 atom stereocenters. The normalized spacial score (nSPS) is 17.3. The van der Waals surface area contributed by atoms with Crippen molar-refractivity contribution >= 4 is 38.4 Å². The second kappa shape index (κ2) is 7.78. The molecular formula is C13H20BrClN2O3S. The Morgan fingerprint density at radius 1 is 1.38 bits per heavy atom. The van der Waals surface area contributed by atoms with Gasteiger partial charge in [-0.3, -0.25) is 0 Å². The van der Waals surface area contributed by atoms with Crippen LogP contribution in [0.5, 0.6) is 5.75 Å². The smallest absolute Gasteiger partial charge is 0.243 e. The Bertz CT molecular complexity index is 575. The minimum Gasteiger partial charge on any atom is -0.493 e. The third kappa shape index (κ3) is 4.32. The van der Waals surface area contributed by atoms with Crippen molar-refractivity contribution in [1.82, 2.24) is 4.31 Å². The van der Waals surface area contributed by atoms with E-state index >= 15 is 0 Å². The van der Waals surface area contributed by atoms with Gasteiger partial charge in [0.05, 0.1) is 16.0 Å². The second-order valence-corrected chi connectivity index (χ2v) is 7.56. The van der Waals surface area contributed by atoms with Crippen LogP contribution in [0.15, 0.2) is 27.6 Å². The Morgan fingerprint density at radius 3 is 2.52 bits per heavy atom. The molecule has 0 radical (unpaired) electrons. The maximum absolute atomic E-state index is 12.5. The molecule has 1 aromatic rings. The van der Waals surface area contributed by atoms with E-state index in [0.29, 0.717) is 42.8 Å². The molecule has 1 aromatic carbocycles. The maximum atomic E-state index is 12.5. The molecule has 0 unspecified atom stereocenters. The van der Waals surface area contributed by atoms with Gasteiger partial charge in [0.1, 0.15) is 5.75 Å². The maximum Gasteiger partial charge on any atom is 0.243 e. The SMILES string of the molecule is CCOc1ccc(S(=O)(=O)N2CCC(N)CC2)cc1Br.Cl. The molecule has 0 bridgehead atoms. The molecule has 1 saturated heterocycles. The van der Waals surface area contributed by atoms with E-state index in [9.17, 15) is 8.42 Å². The zero-order chi connectivity index (χ0) is 14.8. The van der Waals surface area contributed by atoms with Crippen molar-refractivity contribution in [2.24, 2.45) is 5.73 Å². The molecule has 1 aliphatic heterocycles. The standard InChI is InChI=1S/C13H19BrN2O3S.ClH/c1-2-19-13-4-3-11(9-12(13)14)20(17,18)16-7-5-10(15)6-8-16;/h3-4,9-10H,2,5-8,15H2,1H3;1H. The van der Waals surface area contributed by atoms with Crippen LogP contribution in [0.2, 0.25) is 0 Å². The zero-order valence-electron chi connectivity index (χ0n) is 11.8. The van der Waals surface area contributed by atoms with Crippen molar-refractivity contribution in [2.75, 3.05) is 19.7 Å². The molecular weight excluding hydrogens is 380 g/mol. The van der Waals surface area contributed by atoms with Crippen LogP contribution in [0.25, 0.3) is 0 Å². The summed E-state index contributed by atoms with van der Waals surface area (Å²) in [6, 6.07) is 4.96. The van der Waals surface area contributed by atoms with Gasteiger partial charge in [-0.05, 0) is 53.9 Å². The van der Waals surface area contributed by atoms with Crippen LogP contribution in [0.1, 0.15) is 19.8 Å². The Morgan fingerprint density at radius 2 is 2.00 bits per heavy atom. The number of nitrogens with two attached hydrogens (primary N) is 1. The van der Waals surface area contributed by atoms with Crippen molar-refractivity contribution in [3.05, 3.63) is 22.7 Å². The first-order chi connectivity index (χ1) is 9.45. The third-order valence-corrected chi connectivity index (χ3v) is 5.85. The number of hydrogen-bond acceptors (Lipinski definition) is 4. The summed E-state index contributed by atoms with van der Waals surface area (Å²) in [5.74, 6) is 0.645. The molecule has 2 rings (SSSR count). The van der Waals surface area contributed by atoms with E-state index in [0.717, 1.165) is 0 Å². The highest BCUT2D eigenvalue weighted by atomic mass is 79.9. The van der Waals surface area contributed by atoms with Gasteiger partial charge >= 0.3 is 0 Å². The van der Waals surface area contributed by atoms with Gasteiger partial charge in [-0.25, -0.2) is 8.42 Å². The van der Waals surface area contributed by atoms with Crippen molar-refractivity contribution < 1.29 is 13.2 Å². The van der Waals surface area contributed by atoms with Crippen LogP contribution < -0.4 is 10.5 Å². The fourth-order valence-electron chi connectivity index (χ4n) is 2.18. The van der Waals surface area contributed by atoms with Crippen LogP contribution in [0.4, 0.5) is 0 Å². The minimum absolute atomic E-state index is 0. The third-order valence-electron chi connectivity index (χ3n) is 3.34. The quantitative estimate of drug-likeness (QED) is 0.843. The van der Waals surface area contributed by atoms with Crippen LogP contribution >= 0.6 is 28.3 Å². The first-order valence-electron chi connectivity index (χ1n) is 6.63. The zero-order valence-corrected chi connectivity index (χ0v) is 15.0. The fraction of sp³-hybridized carbons (Fsp3) is 0.538. The largest absolute Gasteiger partial charge is 0.493 e. The number of ether oxygens (including phenoxy) is 1. The van der Waals surface area contributed by atoms with Gasteiger partial charge in [-0.2, -0.15) is 4.31 Å². The highest BCUT2D eigenvalue weighted by molar-refractivity contribution is 9.10. The first-order valence-corrected chi connectivity index (χ1v) is 8.86. The lowest BCUT2D eigenvalue weighted by Crippen LogP contribution is -2.42. The Labute approximate surface area is 140 Å². The molecule has 0 amide bonds. The monoisotopic (exact) mass is 398 g/mol. The predicted octanol–water partition coefficient (Wildman–Crippen LogP) is 2.38. The number of hydrogen-bond donors (Lipinski definition) is 1. The van der Waals surface area contributed by atoms with E-state index in [-0.39, 0.29) is 23.3 Å². The van der Waals surface area contributed by atoms with Gasteiger partial charge < -0.3 is 10.5 Å². The molecule has 21 heavy (non-hydrogen) atoms. The summed E-state index contributed by atoms with van der Waals surface area (Å²) in [6.07, 6.45) is 1.41. The van der Waals surface area contributed by atoms with Gasteiger partial charge in [-0.1, -0.05) is 0 Å². The van der Waals surface area contributed by atoms with E-state index in [1.54, 1.807) is 18.2 Å². The highest BCUT2D eigenvalue weighted by Crippen LogP contribution is 2.29. The summed E-state index contributed by atoms with van der Waals surface area (Å²) in [4.78, 5) is 0.281. The molecule has 0 aliphatic carbocycles. The molecule has 1 heterocycles. The number of nitrogens with zero attached hydrogens (tertiary/aromatic N) is 1. The average molecular weight is 400 g/mol. The van der Waals surface area contributed by atoms with E-state index in [1.165, 1.54) is 4.31 Å². The van der Waals surface area contributed by atoms with Crippen LogP contribution in [-0.4, -0.2) is 38.5 Å². The van der Waals surface area contributed by atoms with Gasteiger partial charge in [-0.15, -0.1) is 12.4 Å². The predicted molar refractivity (Wildman–Crippen MR) is 88.5 cm³/mol. The molecule has 0 spiro atoms. The summed E-state index contributed by atoms with van der Waals surface area (Å²) < 4.78 is 32.6. The van der Waals surface area contributed by atoms with Crippen molar-refractivity contribution in [3.63, 3.8) is 0 Å². The molecule has 2 N–H and O–H groups in total. The lowest BCUT2D eigenvalue weighted by atomic mass is 10.1. The molecule has 1 aliphatic rings.